The van der Waals surface area contributed by atoms with Gasteiger partial charge in [0.1, 0.15) is 0 Å². The predicted octanol–water partition coefficient (Wildman–Crippen LogP) is 2.73. The van der Waals surface area contributed by atoms with Crippen molar-refractivity contribution >= 4 is 15.5 Å². The molecule has 3 rings (SSSR count). The summed E-state index contributed by atoms with van der Waals surface area (Å²) < 4.78 is 24.9. The van der Waals surface area contributed by atoms with Crippen molar-refractivity contribution in [2.24, 2.45) is 0 Å². The zero-order valence-corrected chi connectivity index (χ0v) is 12.0. The predicted molar refractivity (Wildman–Crippen MR) is 80.2 cm³/mol. The molecular formula is C16H17NO2S. The van der Waals surface area contributed by atoms with Crippen LogP contribution >= 0.6 is 0 Å². The Hall–Kier alpha value is -1.81. The molecule has 0 radical (unpaired) electrons. The van der Waals surface area contributed by atoms with E-state index in [0.717, 1.165) is 24.8 Å². The van der Waals surface area contributed by atoms with Gasteiger partial charge in [-0.05, 0) is 48.1 Å². The smallest absolute Gasteiger partial charge is 0.184 e. The summed E-state index contributed by atoms with van der Waals surface area (Å²) in [7, 11) is -3.39. The number of rotatable bonds is 3. The number of anilines is 1. The van der Waals surface area contributed by atoms with Gasteiger partial charge in [-0.3, -0.25) is 0 Å². The maximum atomic E-state index is 12.4. The van der Waals surface area contributed by atoms with Crippen molar-refractivity contribution in [3.8, 4) is 0 Å². The van der Waals surface area contributed by atoms with Gasteiger partial charge < -0.3 is 5.73 Å². The van der Waals surface area contributed by atoms with Crippen LogP contribution in [0.3, 0.4) is 0 Å². The van der Waals surface area contributed by atoms with E-state index in [1.807, 2.05) is 12.1 Å². The summed E-state index contributed by atoms with van der Waals surface area (Å²) >= 11 is 0. The molecule has 0 spiro atoms. The molecular weight excluding hydrogens is 270 g/mol. The van der Waals surface area contributed by atoms with Crippen LogP contribution in [0.1, 0.15) is 23.1 Å². The van der Waals surface area contributed by atoms with Crippen molar-refractivity contribution in [1.29, 1.82) is 0 Å². The Balaban J connectivity index is 1.93. The van der Waals surface area contributed by atoms with Crippen LogP contribution in [0.5, 0.6) is 0 Å². The Labute approximate surface area is 119 Å². The SMILES string of the molecule is Nc1ccccc1S(=O)(=O)Cc1ccc2c(c1)CCC2. The third-order valence-electron chi connectivity index (χ3n) is 3.77. The first-order chi connectivity index (χ1) is 9.56. The fourth-order valence-electron chi connectivity index (χ4n) is 2.78. The first-order valence-electron chi connectivity index (χ1n) is 6.74. The third-order valence-corrected chi connectivity index (χ3v) is 5.53. The van der Waals surface area contributed by atoms with Gasteiger partial charge in [0.2, 0.25) is 0 Å². The minimum atomic E-state index is -3.39. The van der Waals surface area contributed by atoms with E-state index in [2.05, 4.69) is 6.07 Å². The summed E-state index contributed by atoms with van der Waals surface area (Å²) in [6.07, 6.45) is 3.32. The van der Waals surface area contributed by atoms with Gasteiger partial charge in [-0.15, -0.1) is 0 Å². The van der Waals surface area contributed by atoms with Crippen LogP contribution < -0.4 is 5.73 Å². The van der Waals surface area contributed by atoms with Crippen molar-refractivity contribution in [2.75, 3.05) is 5.73 Å². The number of para-hydroxylation sites is 1. The van der Waals surface area contributed by atoms with E-state index < -0.39 is 9.84 Å². The summed E-state index contributed by atoms with van der Waals surface area (Å²) in [6.45, 7) is 0. The average Bonchev–Trinajstić information content (AvgIpc) is 2.86. The molecule has 1 aliphatic carbocycles. The van der Waals surface area contributed by atoms with Gasteiger partial charge >= 0.3 is 0 Å². The first-order valence-corrected chi connectivity index (χ1v) is 8.39. The molecule has 0 fully saturated rings. The minimum Gasteiger partial charge on any atom is -0.398 e. The van der Waals surface area contributed by atoms with E-state index in [4.69, 9.17) is 5.73 Å². The number of hydrogen-bond donors (Lipinski definition) is 1. The molecule has 1 aliphatic rings. The Morgan fingerprint density at radius 3 is 2.55 bits per heavy atom. The molecule has 20 heavy (non-hydrogen) atoms. The molecule has 3 nitrogen and oxygen atoms in total. The zero-order valence-electron chi connectivity index (χ0n) is 11.2. The largest absolute Gasteiger partial charge is 0.398 e. The van der Waals surface area contributed by atoms with Crippen LogP contribution in [0.2, 0.25) is 0 Å². The second-order valence-electron chi connectivity index (χ2n) is 5.25. The quantitative estimate of drug-likeness (QED) is 0.883. The summed E-state index contributed by atoms with van der Waals surface area (Å²) in [5.41, 5.74) is 9.57. The topological polar surface area (TPSA) is 60.2 Å². The molecule has 0 unspecified atom stereocenters. The van der Waals surface area contributed by atoms with Gasteiger partial charge in [0.15, 0.2) is 9.84 Å². The molecule has 0 aliphatic heterocycles. The number of nitrogens with two attached hydrogens (primary N) is 1. The Morgan fingerprint density at radius 2 is 1.75 bits per heavy atom. The fourth-order valence-corrected chi connectivity index (χ4v) is 4.26. The summed E-state index contributed by atoms with van der Waals surface area (Å²) in [5.74, 6) is 0.00843. The molecule has 0 bridgehead atoms. The van der Waals surface area contributed by atoms with Gasteiger partial charge in [-0.2, -0.15) is 0 Å². The maximum Gasteiger partial charge on any atom is 0.184 e. The summed E-state index contributed by atoms with van der Waals surface area (Å²) in [6, 6.07) is 12.6. The highest BCUT2D eigenvalue weighted by Gasteiger charge is 2.19. The zero-order chi connectivity index (χ0) is 14.2. The molecule has 104 valence electrons. The number of nitrogen functional groups attached to an aromatic ring is 1. The van der Waals surface area contributed by atoms with Gasteiger partial charge in [0, 0.05) is 0 Å². The normalized spacial score (nSPS) is 14.2. The monoisotopic (exact) mass is 287 g/mol. The summed E-state index contributed by atoms with van der Waals surface area (Å²) in [5, 5.41) is 0. The van der Waals surface area contributed by atoms with E-state index >= 15 is 0 Å². The van der Waals surface area contributed by atoms with E-state index in [9.17, 15) is 8.42 Å². The van der Waals surface area contributed by atoms with Crippen molar-refractivity contribution in [2.45, 2.75) is 29.9 Å². The fraction of sp³-hybridized carbons (Fsp3) is 0.250. The summed E-state index contributed by atoms with van der Waals surface area (Å²) in [4.78, 5) is 0.223. The van der Waals surface area contributed by atoms with Crippen LogP contribution in [0.4, 0.5) is 5.69 Å². The lowest BCUT2D eigenvalue weighted by Gasteiger charge is -2.08. The van der Waals surface area contributed by atoms with Gasteiger partial charge in [0.25, 0.3) is 0 Å². The van der Waals surface area contributed by atoms with Crippen LogP contribution in [0, 0.1) is 0 Å². The van der Waals surface area contributed by atoms with Crippen molar-refractivity contribution in [1.82, 2.24) is 0 Å². The first kappa shape index (κ1) is 13.2. The molecule has 2 aromatic rings. The molecule has 2 N–H and O–H groups in total. The van der Waals surface area contributed by atoms with Crippen LogP contribution in [0.15, 0.2) is 47.4 Å². The van der Waals surface area contributed by atoms with Crippen LogP contribution in [0.25, 0.3) is 0 Å². The number of benzene rings is 2. The molecule has 0 atom stereocenters. The average molecular weight is 287 g/mol. The second-order valence-corrected chi connectivity index (χ2v) is 7.21. The highest BCUT2D eigenvalue weighted by molar-refractivity contribution is 7.90. The molecule has 0 amide bonds. The number of aryl methyl sites for hydroxylation is 2. The van der Waals surface area contributed by atoms with Crippen LogP contribution in [-0.2, 0) is 28.4 Å². The van der Waals surface area contributed by atoms with Gasteiger partial charge in [-0.1, -0.05) is 30.3 Å². The molecule has 0 heterocycles. The Morgan fingerprint density at radius 1 is 1.00 bits per heavy atom. The highest BCUT2D eigenvalue weighted by Crippen LogP contribution is 2.26. The molecule has 0 saturated carbocycles. The van der Waals surface area contributed by atoms with Gasteiger partial charge in [0.05, 0.1) is 16.3 Å². The van der Waals surface area contributed by atoms with Gasteiger partial charge in [-0.25, -0.2) is 8.42 Å². The van der Waals surface area contributed by atoms with Crippen molar-refractivity contribution in [3.63, 3.8) is 0 Å². The lowest BCUT2D eigenvalue weighted by atomic mass is 10.1. The van der Waals surface area contributed by atoms with Crippen molar-refractivity contribution in [3.05, 3.63) is 59.2 Å². The lowest BCUT2D eigenvalue weighted by molar-refractivity contribution is 0.595. The molecule has 4 heteroatoms. The standard InChI is InChI=1S/C16H17NO2S/c17-15-6-1-2-7-16(15)20(18,19)11-12-8-9-13-4-3-5-14(13)10-12/h1-2,6-10H,3-5,11,17H2. The van der Waals surface area contributed by atoms with E-state index in [0.29, 0.717) is 5.69 Å². The number of fused-ring (bicyclic) bond motifs is 1. The third kappa shape index (κ3) is 2.43. The number of sulfone groups is 1. The van der Waals surface area contributed by atoms with Crippen molar-refractivity contribution < 1.29 is 8.42 Å². The molecule has 0 saturated heterocycles. The number of hydrogen-bond acceptors (Lipinski definition) is 3. The lowest BCUT2D eigenvalue weighted by Crippen LogP contribution is -2.08. The van der Waals surface area contributed by atoms with E-state index in [1.54, 1.807) is 24.3 Å². The minimum absolute atomic E-state index is 0.00843. The maximum absolute atomic E-state index is 12.4. The highest BCUT2D eigenvalue weighted by atomic mass is 32.2. The molecule has 0 aromatic heterocycles. The van der Waals surface area contributed by atoms with Crippen LogP contribution in [-0.4, -0.2) is 8.42 Å². The molecule has 2 aromatic carbocycles. The van der Waals surface area contributed by atoms with E-state index in [1.165, 1.54) is 11.1 Å². The Kier molecular flexibility index (Phi) is 3.26. The van der Waals surface area contributed by atoms with E-state index in [-0.39, 0.29) is 10.6 Å². The Bertz CT molecular complexity index is 751. The second kappa shape index (κ2) is 4.94.